The van der Waals surface area contributed by atoms with Gasteiger partial charge in [0.15, 0.2) is 0 Å². The van der Waals surface area contributed by atoms with E-state index >= 15 is 0 Å². The van der Waals surface area contributed by atoms with Crippen molar-refractivity contribution in [2.24, 2.45) is 23.7 Å². The Kier molecular flexibility index (Phi) is 2.38. The minimum absolute atomic E-state index is 0.514. The lowest BCUT2D eigenvalue weighted by Gasteiger charge is -2.54. The van der Waals surface area contributed by atoms with Crippen molar-refractivity contribution < 1.29 is 0 Å². The first-order valence-electron chi connectivity index (χ1n) is 7.12. The van der Waals surface area contributed by atoms with Crippen LogP contribution < -0.4 is 5.73 Å². The highest BCUT2D eigenvalue weighted by Gasteiger charge is 2.49. The summed E-state index contributed by atoms with van der Waals surface area (Å²) >= 11 is 5.92. The Balaban J connectivity index is 1.72. The maximum absolute atomic E-state index is 6.11. The summed E-state index contributed by atoms with van der Waals surface area (Å²) in [6, 6.07) is 4.02. The van der Waals surface area contributed by atoms with Crippen molar-refractivity contribution in [2.45, 2.75) is 38.0 Å². The van der Waals surface area contributed by atoms with Crippen LogP contribution in [0.25, 0.3) is 0 Å². The van der Waals surface area contributed by atoms with Crippen LogP contribution in [-0.4, -0.2) is 4.98 Å². The highest BCUT2D eigenvalue weighted by molar-refractivity contribution is 6.29. The molecular formula is C15H19ClN2. The lowest BCUT2D eigenvalue weighted by Crippen LogP contribution is -2.44. The van der Waals surface area contributed by atoms with E-state index in [4.69, 9.17) is 17.3 Å². The second kappa shape index (κ2) is 3.86. The van der Waals surface area contributed by atoms with E-state index < -0.39 is 0 Å². The Morgan fingerprint density at radius 1 is 1.00 bits per heavy atom. The minimum atomic E-state index is 0.514. The average Bonchev–Trinajstić information content (AvgIpc) is 2.30. The Labute approximate surface area is 113 Å². The summed E-state index contributed by atoms with van der Waals surface area (Å²) in [6.45, 7) is 0. The molecule has 0 aliphatic heterocycles. The van der Waals surface area contributed by atoms with Gasteiger partial charge in [-0.1, -0.05) is 17.7 Å². The maximum Gasteiger partial charge on any atom is 0.131 e. The molecule has 1 heterocycles. The minimum Gasteiger partial charge on any atom is -0.383 e. The number of nitrogens with two attached hydrogens (primary N) is 1. The van der Waals surface area contributed by atoms with Crippen LogP contribution in [0.5, 0.6) is 0 Å². The zero-order valence-corrected chi connectivity index (χ0v) is 11.2. The van der Waals surface area contributed by atoms with Crippen LogP contribution in [0.1, 0.15) is 43.6 Å². The molecule has 0 radical (unpaired) electrons. The first-order chi connectivity index (χ1) is 8.70. The smallest absolute Gasteiger partial charge is 0.131 e. The number of anilines is 1. The van der Waals surface area contributed by atoms with Crippen LogP contribution >= 0.6 is 11.6 Å². The summed E-state index contributed by atoms with van der Waals surface area (Å²) < 4.78 is 0. The van der Waals surface area contributed by atoms with E-state index in [-0.39, 0.29) is 0 Å². The monoisotopic (exact) mass is 262 g/mol. The van der Waals surface area contributed by atoms with Crippen molar-refractivity contribution >= 4 is 17.4 Å². The first kappa shape index (κ1) is 11.1. The second-order valence-corrected chi connectivity index (χ2v) is 6.95. The predicted molar refractivity (Wildman–Crippen MR) is 73.4 cm³/mol. The molecule has 0 atom stereocenters. The standard InChI is InChI=1S/C15H19ClN2/c16-13-2-1-12(15(17)18-13)14-10-4-8-3-9(6-10)7-11(14)5-8/h1-2,8-11,14H,3-7H2,(H2,17,18). The molecule has 1 aromatic rings. The topological polar surface area (TPSA) is 38.9 Å². The molecule has 0 saturated heterocycles. The van der Waals surface area contributed by atoms with Gasteiger partial charge in [0, 0.05) is 0 Å². The second-order valence-electron chi connectivity index (χ2n) is 6.56. The zero-order chi connectivity index (χ0) is 12.3. The Morgan fingerprint density at radius 3 is 2.17 bits per heavy atom. The van der Waals surface area contributed by atoms with Crippen LogP contribution in [0.4, 0.5) is 5.82 Å². The van der Waals surface area contributed by atoms with Crippen molar-refractivity contribution in [1.29, 1.82) is 0 Å². The molecule has 0 unspecified atom stereocenters. The van der Waals surface area contributed by atoms with Crippen molar-refractivity contribution in [3.8, 4) is 0 Å². The highest BCUT2D eigenvalue weighted by atomic mass is 35.5. The van der Waals surface area contributed by atoms with Gasteiger partial charge in [0.2, 0.25) is 0 Å². The molecule has 1 aromatic heterocycles. The number of pyridine rings is 1. The predicted octanol–water partition coefficient (Wildman–Crippen LogP) is 3.86. The molecule has 2 nitrogen and oxygen atoms in total. The third-order valence-corrected chi connectivity index (χ3v) is 5.72. The van der Waals surface area contributed by atoms with Gasteiger partial charge >= 0.3 is 0 Å². The molecule has 4 aliphatic rings. The van der Waals surface area contributed by atoms with Crippen LogP contribution in [0.2, 0.25) is 5.15 Å². The number of hydrogen-bond donors (Lipinski definition) is 1. The molecule has 5 rings (SSSR count). The fraction of sp³-hybridized carbons (Fsp3) is 0.667. The van der Waals surface area contributed by atoms with Gasteiger partial charge in [-0.3, -0.25) is 0 Å². The Hall–Kier alpha value is -0.760. The number of rotatable bonds is 1. The van der Waals surface area contributed by atoms with Crippen molar-refractivity contribution in [2.75, 3.05) is 5.73 Å². The number of halogens is 1. The average molecular weight is 263 g/mol. The molecule has 2 N–H and O–H groups in total. The summed E-state index contributed by atoms with van der Waals surface area (Å²) in [5, 5.41) is 0.514. The molecule has 4 aliphatic carbocycles. The summed E-state index contributed by atoms with van der Waals surface area (Å²) in [4.78, 5) is 4.25. The lowest BCUT2D eigenvalue weighted by molar-refractivity contribution is -0.00263. The van der Waals surface area contributed by atoms with E-state index in [2.05, 4.69) is 11.1 Å². The molecular weight excluding hydrogens is 244 g/mol. The largest absolute Gasteiger partial charge is 0.383 e. The maximum atomic E-state index is 6.11. The van der Waals surface area contributed by atoms with Gasteiger partial charge in [-0.25, -0.2) is 4.98 Å². The van der Waals surface area contributed by atoms with Crippen LogP contribution in [0.3, 0.4) is 0 Å². The Morgan fingerprint density at radius 2 is 1.61 bits per heavy atom. The number of nitrogen functional groups attached to an aromatic ring is 1. The fourth-order valence-electron chi connectivity index (χ4n) is 5.18. The van der Waals surface area contributed by atoms with Gasteiger partial charge in [0.1, 0.15) is 11.0 Å². The highest BCUT2D eigenvalue weighted by Crippen LogP contribution is 2.60. The van der Waals surface area contributed by atoms with Crippen molar-refractivity contribution in [3.63, 3.8) is 0 Å². The fourth-order valence-corrected chi connectivity index (χ4v) is 5.33. The van der Waals surface area contributed by atoms with E-state index in [1.807, 2.05) is 6.07 Å². The molecule has 0 amide bonds. The van der Waals surface area contributed by atoms with Gasteiger partial charge in [0.05, 0.1) is 0 Å². The van der Waals surface area contributed by atoms with Gasteiger partial charge in [-0.2, -0.15) is 0 Å². The molecule has 0 aromatic carbocycles. The first-order valence-corrected chi connectivity index (χ1v) is 7.50. The summed E-state index contributed by atoms with van der Waals surface area (Å²) in [5.41, 5.74) is 7.38. The van der Waals surface area contributed by atoms with E-state index in [1.54, 1.807) is 0 Å². The number of hydrogen-bond acceptors (Lipinski definition) is 2. The van der Waals surface area contributed by atoms with E-state index in [0.717, 1.165) is 23.7 Å². The molecule has 3 heteroatoms. The summed E-state index contributed by atoms with van der Waals surface area (Å²) in [7, 11) is 0. The van der Waals surface area contributed by atoms with Crippen LogP contribution in [-0.2, 0) is 0 Å². The van der Waals surface area contributed by atoms with Gasteiger partial charge in [-0.15, -0.1) is 0 Å². The number of aromatic nitrogens is 1. The quantitative estimate of drug-likeness (QED) is 0.781. The Bertz CT molecular complexity index is 457. The van der Waals surface area contributed by atoms with Gasteiger partial charge in [0.25, 0.3) is 0 Å². The normalized spacial score (nSPS) is 41.3. The molecule has 4 saturated carbocycles. The summed E-state index contributed by atoms with van der Waals surface area (Å²) in [6.07, 6.45) is 7.16. The van der Waals surface area contributed by atoms with E-state index in [0.29, 0.717) is 16.9 Å². The SMILES string of the molecule is Nc1nc(Cl)ccc1C1C2CC3CC(C2)CC1C3. The van der Waals surface area contributed by atoms with Gasteiger partial charge < -0.3 is 5.73 Å². The molecule has 18 heavy (non-hydrogen) atoms. The van der Waals surface area contributed by atoms with Crippen LogP contribution in [0, 0.1) is 23.7 Å². The van der Waals surface area contributed by atoms with Crippen molar-refractivity contribution in [1.82, 2.24) is 4.98 Å². The third-order valence-electron chi connectivity index (χ3n) is 5.51. The lowest BCUT2D eigenvalue weighted by atomic mass is 9.51. The molecule has 0 spiro atoms. The van der Waals surface area contributed by atoms with E-state index in [9.17, 15) is 0 Å². The number of nitrogens with zero attached hydrogens (tertiary/aromatic N) is 1. The molecule has 4 fully saturated rings. The van der Waals surface area contributed by atoms with Gasteiger partial charge in [-0.05, 0) is 73.3 Å². The molecule has 96 valence electrons. The summed E-state index contributed by atoms with van der Waals surface area (Å²) in [5.74, 6) is 5.04. The van der Waals surface area contributed by atoms with Crippen molar-refractivity contribution in [3.05, 3.63) is 22.8 Å². The molecule has 4 bridgehead atoms. The third kappa shape index (κ3) is 1.58. The van der Waals surface area contributed by atoms with E-state index in [1.165, 1.54) is 37.7 Å². The zero-order valence-electron chi connectivity index (χ0n) is 10.5. The van der Waals surface area contributed by atoms with Crippen LogP contribution in [0.15, 0.2) is 12.1 Å².